The predicted molar refractivity (Wildman–Crippen MR) is 99.9 cm³/mol. The maximum atomic E-state index is 12.6. The second kappa shape index (κ2) is 8.01. The van der Waals surface area contributed by atoms with Crippen molar-refractivity contribution in [1.82, 2.24) is 4.98 Å². The quantitative estimate of drug-likeness (QED) is 0.801. The van der Waals surface area contributed by atoms with Crippen molar-refractivity contribution in [2.24, 2.45) is 5.92 Å². The van der Waals surface area contributed by atoms with Crippen molar-refractivity contribution >= 4 is 17.4 Å². The molecule has 0 unspecified atom stereocenters. The Labute approximate surface area is 148 Å². The standard InChI is InChI=1S/C20H25N3O2/c1-14-9-10-16(21)12-17(14)20(24)23-19-18(8-5-11-22-19)25-13-15-6-3-2-4-7-15/h5,8-12,15H,2-4,6-7,13,21H2,1H3,(H,22,23,24). The molecular weight excluding hydrogens is 314 g/mol. The molecule has 132 valence electrons. The zero-order chi connectivity index (χ0) is 17.6. The summed E-state index contributed by atoms with van der Waals surface area (Å²) in [5.74, 6) is 1.42. The molecule has 1 saturated carbocycles. The lowest BCUT2D eigenvalue weighted by Crippen LogP contribution is -2.18. The molecule has 0 radical (unpaired) electrons. The molecular formula is C20H25N3O2. The zero-order valence-electron chi connectivity index (χ0n) is 14.6. The Kier molecular flexibility index (Phi) is 5.53. The van der Waals surface area contributed by atoms with Gasteiger partial charge in [-0.15, -0.1) is 0 Å². The molecule has 1 aliphatic rings. The molecule has 0 aliphatic heterocycles. The zero-order valence-corrected chi connectivity index (χ0v) is 14.6. The van der Waals surface area contributed by atoms with E-state index in [9.17, 15) is 4.79 Å². The van der Waals surface area contributed by atoms with Gasteiger partial charge in [-0.1, -0.05) is 25.3 Å². The summed E-state index contributed by atoms with van der Waals surface area (Å²) >= 11 is 0. The Morgan fingerprint density at radius 3 is 2.88 bits per heavy atom. The molecule has 1 aromatic heterocycles. The molecule has 0 atom stereocenters. The van der Waals surface area contributed by atoms with Gasteiger partial charge in [0.1, 0.15) is 0 Å². The van der Waals surface area contributed by atoms with E-state index in [2.05, 4.69) is 10.3 Å². The summed E-state index contributed by atoms with van der Waals surface area (Å²) in [6.07, 6.45) is 7.95. The van der Waals surface area contributed by atoms with E-state index in [4.69, 9.17) is 10.5 Å². The molecule has 2 aromatic rings. The number of anilines is 2. The summed E-state index contributed by atoms with van der Waals surface area (Å²) in [5, 5.41) is 2.85. The van der Waals surface area contributed by atoms with Crippen LogP contribution in [0.15, 0.2) is 36.5 Å². The van der Waals surface area contributed by atoms with Gasteiger partial charge < -0.3 is 15.8 Å². The Morgan fingerprint density at radius 1 is 1.28 bits per heavy atom. The highest BCUT2D eigenvalue weighted by molar-refractivity contribution is 6.05. The molecule has 5 heteroatoms. The number of aromatic nitrogens is 1. The number of nitrogens with zero attached hydrogens (tertiary/aromatic N) is 1. The lowest BCUT2D eigenvalue weighted by molar-refractivity contribution is 0.102. The lowest BCUT2D eigenvalue weighted by Gasteiger charge is -2.22. The molecule has 0 bridgehead atoms. The van der Waals surface area contributed by atoms with Gasteiger partial charge in [-0.3, -0.25) is 4.79 Å². The van der Waals surface area contributed by atoms with Gasteiger partial charge in [-0.2, -0.15) is 0 Å². The third-order valence-electron chi connectivity index (χ3n) is 4.71. The van der Waals surface area contributed by atoms with Gasteiger partial charge in [0.05, 0.1) is 6.61 Å². The highest BCUT2D eigenvalue weighted by Crippen LogP contribution is 2.27. The van der Waals surface area contributed by atoms with Gasteiger partial charge >= 0.3 is 0 Å². The summed E-state index contributed by atoms with van der Waals surface area (Å²) in [6.45, 7) is 2.55. The van der Waals surface area contributed by atoms with E-state index in [1.807, 2.05) is 25.1 Å². The third kappa shape index (κ3) is 4.50. The molecule has 3 rings (SSSR count). The minimum atomic E-state index is -0.231. The van der Waals surface area contributed by atoms with E-state index in [0.717, 1.165) is 5.56 Å². The van der Waals surface area contributed by atoms with Crippen molar-refractivity contribution < 1.29 is 9.53 Å². The SMILES string of the molecule is Cc1ccc(N)cc1C(=O)Nc1ncccc1OCC1CCCCC1. The van der Waals surface area contributed by atoms with Crippen LogP contribution in [0, 0.1) is 12.8 Å². The third-order valence-corrected chi connectivity index (χ3v) is 4.71. The number of aryl methyl sites for hydroxylation is 1. The number of benzene rings is 1. The Balaban J connectivity index is 1.69. The monoisotopic (exact) mass is 339 g/mol. The molecule has 1 aliphatic carbocycles. The van der Waals surface area contributed by atoms with Crippen molar-refractivity contribution in [3.05, 3.63) is 47.7 Å². The Morgan fingerprint density at radius 2 is 2.08 bits per heavy atom. The number of amides is 1. The van der Waals surface area contributed by atoms with Gasteiger partial charge in [0.25, 0.3) is 5.91 Å². The van der Waals surface area contributed by atoms with Crippen molar-refractivity contribution in [3.8, 4) is 5.75 Å². The van der Waals surface area contributed by atoms with Crippen LogP contribution >= 0.6 is 0 Å². The van der Waals surface area contributed by atoms with E-state index >= 15 is 0 Å². The first-order valence-electron chi connectivity index (χ1n) is 8.89. The average molecular weight is 339 g/mol. The summed E-state index contributed by atoms with van der Waals surface area (Å²) in [7, 11) is 0. The summed E-state index contributed by atoms with van der Waals surface area (Å²) in [5.41, 5.74) is 7.77. The van der Waals surface area contributed by atoms with Crippen LogP contribution in [0.25, 0.3) is 0 Å². The van der Waals surface area contributed by atoms with Crippen LogP contribution in [0.5, 0.6) is 5.75 Å². The summed E-state index contributed by atoms with van der Waals surface area (Å²) in [6, 6.07) is 8.96. The number of nitrogens with one attached hydrogen (secondary N) is 1. The maximum absolute atomic E-state index is 12.6. The van der Waals surface area contributed by atoms with Gasteiger partial charge in [0, 0.05) is 17.4 Å². The van der Waals surface area contributed by atoms with Crippen LogP contribution in [0.2, 0.25) is 0 Å². The molecule has 5 nitrogen and oxygen atoms in total. The number of nitrogen functional groups attached to an aromatic ring is 1. The van der Waals surface area contributed by atoms with Gasteiger partial charge in [-0.05, 0) is 55.5 Å². The van der Waals surface area contributed by atoms with Gasteiger partial charge in [0.2, 0.25) is 0 Å². The first-order valence-corrected chi connectivity index (χ1v) is 8.89. The molecule has 1 amide bonds. The number of pyridine rings is 1. The largest absolute Gasteiger partial charge is 0.489 e. The minimum Gasteiger partial charge on any atom is -0.489 e. The van der Waals surface area contributed by atoms with Crippen molar-refractivity contribution in [1.29, 1.82) is 0 Å². The van der Waals surface area contributed by atoms with E-state index in [0.29, 0.717) is 35.3 Å². The fourth-order valence-corrected chi connectivity index (χ4v) is 3.22. The van der Waals surface area contributed by atoms with Crippen molar-refractivity contribution in [2.45, 2.75) is 39.0 Å². The van der Waals surface area contributed by atoms with Crippen LogP contribution in [0.1, 0.15) is 48.0 Å². The number of carbonyl (C=O) groups is 1. The van der Waals surface area contributed by atoms with Crippen LogP contribution in [-0.2, 0) is 0 Å². The Bertz CT molecular complexity index is 739. The molecule has 0 spiro atoms. The molecule has 1 aromatic carbocycles. The van der Waals surface area contributed by atoms with Crippen molar-refractivity contribution in [2.75, 3.05) is 17.7 Å². The fraction of sp³-hybridized carbons (Fsp3) is 0.400. The maximum Gasteiger partial charge on any atom is 0.257 e. The highest BCUT2D eigenvalue weighted by Gasteiger charge is 2.17. The molecule has 1 heterocycles. The molecule has 25 heavy (non-hydrogen) atoms. The average Bonchev–Trinajstić information content (AvgIpc) is 2.64. The number of hydrogen-bond acceptors (Lipinski definition) is 4. The number of ether oxygens (including phenoxy) is 1. The van der Waals surface area contributed by atoms with E-state index in [1.54, 1.807) is 18.3 Å². The number of carbonyl (C=O) groups excluding carboxylic acids is 1. The topological polar surface area (TPSA) is 77.2 Å². The fourth-order valence-electron chi connectivity index (χ4n) is 3.22. The lowest BCUT2D eigenvalue weighted by atomic mass is 9.90. The minimum absolute atomic E-state index is 0.231. The summed E-state index contributed by atoms with van der Waals surface area (Å²) in [4.78, 5) is 16.9. The first-order chi connectivity index (χ1) is 12.1. The van der Waals surface area contributed by atoms with E-state index in [1.165, 1.54) is 32.1 Å². The molecule has 3 N–H and O–H groups in total. The number of nitrogens with two attached hydrogens (primary N) is 1. The van der Waals surface area contributed by atoms with Crippen molar-refractivity contribution in [3.63, 3.8) is 0 Å². The second-order valence-electron chi connectivity index (χ2n) is 6.69. The normalized spacial score (nSPS) is 14.9. The van der Waals surface area contributed by atoms with Crippen LogP contribution in [-0.4, -0.2) is 17.5 Å². The highest BCUT2D eigenvalue weighted by atomic mass is 16.5. The van der Waals surface area contributed by atoms with Crippen LogP contribution < -0.4 is 15.8 Å². The van der Waals surface area contributed by atoms with E-state index < -0.39 is 0 Å². The van der Waals surface area contributed by atoms with Crippen LogP contribution in [0.3, 0.4) is 0 Å². The predicted octanol–water partition coefficient (Wildman–Crippen LogP) is 4.18. The number of hydrogen-bond donors (Lipinski definition) is 2. The molecule has 0 saturated heterocycles. The molecule has 1 fully saturated rings. The summed E-state index contributed by atoms with van der Waals surface area (Å²) < 4.78 is 5.97. The smallest absolute Gasteiger partial charge is 0.257 e. The van der Waals surface area contributed by atoms with Crippen LogP contribution in [0.4, 0.5) is 11.5 Å². The second-order valence-corrected chi connectivity index (χ2v) is 6.69. The Hall–Kier alpha value is -2.56. The first kappa shape index (κ1) is 17.3. The number of rotatable bonds is 5. The van der Waals surface area contributed by atoms with Gasteiger partial charge in [-0.25, -0.2) is 4.98 Å². The van der Waals surface area contributed by atoms with Gasteiger partial charge in [0.15, 0.2) is 11.6 Å². The van der Waals surface area contributed by atoms with E-state index in [-0.39, 0.29) is 5.91 Å².